The minimum Gasteiger partial charge on any atom is -0.458 e. The highest BCUT2D eigenvalue weighted by Crippen LogP contribution is 2.39. The molecule has 0 fully saturated rings. The molecule has 4 aromatic heterocycles. The van der Waals surface area contributed by atoms with Crippen LogP contribution in [0.15, 0.2) is 152 Å². The molecule has 274 valence electrons. The van der Waals surface area contributed by atoms with Gasteiger partial charge in [-0.15, -0.1) is 0 Å². The second-order valence-electron chi connectivity index (χ2n) is 16.8. The summed E-state index contributed by atoms with van der Waals surface area (Å²) in [5, 5.41) is 4.77. The van der Waals surface area contributed by atoms with E-state index in [4.69, 9.17) is 9.72 Å². The van der Waals surface area contributed by atoms with Gasteiger partial charge >= 0.3 is 0 Å². The van der Waals surface area contributed by atoms with Crippen LogP contribution in [0, 0.1) is 6.33 Å². The van der Waals surface area contributed by atoms with Gasteiger partial charge in [0.1, 0.15) is 17.3 Å². The van der Waals surface area contributed by atoms with E-state index in [-0.39, 0.29) is 11.0 Å². The largest absolute Gasteiger partial charge is 0.458 e. The van der Waals surface area contributed by atoms with Gasteiger partial charge in [-0.05, 0) is 98.5 Å². The molecular weight excluding hydrogens is 687 g/mol. The lowest BCUT2D eigenvalue weighted by molar-refractivity contribution is -0.734. The molecule has 0 aliphatic heterocycles. The number of benzene rings is 6. The van der Waals surface area contributed by atoms with Crippen LogP contribution in [0.25, 0.3) is 71.8 Å². The summed E-state index contributed by atoms with van der Waals surface area (Å²) in [5.74, 6) is 2.38. The van der Waals surface area contributed by atoms with Crippen LogP contribution in [-0.2, 0) is 11.0 Å². The molecule has 0 radical (unpaired) electrons. The summed E-state index contributed by atoms with van der Waals surface area (Å²) in [7, 11) is 0. The third-order valence-corrected chi connectivity index (χ3v) is 10.9. The molecule has 0 N–H and O–H groups in total. The molecular formula is C50H43N5O. The maximum atomic E-state index is 6.71. The first-order valence-corrected chi connectivity index (χ1v) is 19.3. The van der Waals surface area contributed by atoms with Gasteiger partial charge in [-0.1, -0.05) is 93.6 Å². The third-order valence-electron chi connectivity index (χ3n) is 10.9. The number of hydrogen-bond donors (Lipinski definition) is 0. The fourth-order valence-corrected chi connectivity index (χ4v) is 8.23. The Morgan fingerprint density at radius 2 is 1.18 bits per heavy atom. The molecule has 4 heterocycles. The predicted octanol–water partition coefficient (Wildman–Crippen LogP) is 12.2. The summed E-state index contributed by atoms with van der Waals surface area (Å²) in [6, 6.07) is 51.6. The zero-order valence-electron chi connectivity index (χ0n) is 32.6. The van der Waals surface area contributed by atoms with Crippen molar-refractivity contribution in [2.75, 3.05) is 0 Å². The average Bonchev–Trinajstić information content (AvgIpc) is 3.86. The van der Waals surface area contributed by atoms with E-state index in [1.807, 2.05) is 18.3 Å². The van der Waals surface area contributed by atoms with Crippen molar-refractivity contribution in [1.82, 2.24) is 18.7 Å². The van der Waals surface area contributed by atoms with Crippen molar-refractivity contribution in [2.24, 2.45) is 0 Å². The second kappa shape index (κ2) is 12.4. The van der Waals surface area contributed by atoms with E-state index in [0.29, 0.717) is 0 Å². The van der Waals surface area contributed by atoms with E-state index in [2.05, 4.69) is 200 Å². The van der Waals surface area contributed by atoms with E-state index < -0.39 is 0 Å². The zero-order chi connectivity index (χ0) is 38.3. The first kappa shape index (κ1) is 33.9. The fourth-order valence-electron chi connectivity index (χ4n) is 8.23. The molecule has 0 unspecified atom stereocenters. The topological polar surface area (TPSA) is 40.8 Å². The van der Waals surface area contributed by atoms with Crippen LogP contribution in [0.5, 0.6) is 11.5 Å². The van der Waals surface area contributed by atoms with E-state index in [1.165, 1.54) is 27.4 Å². The minimum atomic E-state index is -0.127. The molecule has 0 saturated carbocycles. The Morgan fingerprint density at radius 3 is 1.91 bits per heavy atom. The van der Waals surface area contributed by atoms with Gasteiger partial charge in [0.2, 0.25) is 6.33 Å². The number of pyridine rings is 1. The van der Waals surface area contributed by atoms with Crippen molar-refractivity contribution in [3.05, 3.63) is 164 Å². The van der Waals surface area contributed by atoms with Gasteiger partial charge in [0.05, 0.1) is 44.3 Å². The predicted molar refractivity (Wildman–Crippen MR) is 229 cm³/mol. The maximum absolute atomic E-state index is 6.71. The van der Waals surface area contributed by atoms with Crippen molar-refractivity contribution < 1.29 is 9.30 Å². The lowest BCUT2D eigenvalue weighted by Gasteiger charge is -2.20. The highest BCUT2D eigenvalue weighted by Gasteiger charge is 2.22. The van der Waals surface area contributed by atoms with Gasteiger partial charge in [-0.25, -0.2) is 4.98 Å². The van der Waals surface area contributed by atoms with Crippen LogP contribution in [0.1, 0.15) is 47.1 Å². The van der Waals surface area contributed by atoms with Gasteiger partial charge < -0.3 is 18.4 Å². The standard InChI is InChI=1S/C50H43N5O/c1-49(2,3)33-26-27-51-48(28-33)55-44-25-22-35(54-42-18-9-7-16-38(42)39-17-8-10-19-43(39)54)30-41(44)40-24-23-37(31-47(40)55)56-36-15-13-14-34(29-36)52-32-53(50(4,5)6)46-21-12-11-20-45(46)52/h7-31H,1-6H3. The molecule has 10 aromatic rings. The van der Waals surface area contributed by atoms with Crippen molar-refractivity contribution >= 4 is 54.6 Å². The molecule has 56 heavy (non-hydrogen) atoms. The number of imidazole rings is 1. The van der Waals surface area contributed by atoms with E-state index in [1.54, 1.807) is 0 Å². The highest BCUT2D eigenvalue weighted by molar-refractivity contribution is 6.12. The van der Waals surface area contributed by atoms with Crippen molar-refractivity contribution in [2.45, 2.75) is 52.5 Å². The molecule has 6 heteroatoms. The van der Waals surface area contributed by atoms with Gasteiger partial charge in [0, 0.05) is 39.5 Å². The van der Waals surface area contributed by atoms with Crippen molar-refractivity contribution in [3.63, 3.8) is 0 Å². The van der Waals surface area contributed by atoms with E-state index in [0.717, 1.165) is 61.5 Å². The van der Waals surface area contributed by atoms with Crippen molar-refractivity contribution in [1.29, 1.82) is 0 Å². The van der Waals surface area contributed by atoms with Crippen LogP contribution in [0.2, 0.25) is 0 Å². The van der Waals surface area contributed by atoms with Gasteiger partial charge in [-0.2, -0.15) is 0 Å². The molecule has 0 aliphatic carbocycles. The molecule has 0 aliphatic rings. The second-order valence-corrected chi connectivity index (χ2v) is 16.8. The number of nitrogens with zero attached hydrogens (tertiary/aromatic N) is 5. The highest BCUT2D eigenvalue weighted by atomic mass is 16.5. The number of fused-ring (bicyclic) bond motifs is 7. The Bertz CT molecular complexity index is 3090. The smallest absolute Gasteiger partial charge is 0.244 e. The number of hydrogen-bond acceptors (Lipinski definition) is 2. The molecule has 0 bridgehead atoms. The fraction of sp³-hybridized carbons (Fsp3) is 0.160. The van der Waals surface area contributed by atoms with Crippen LogP contribution >= 0.6 is 0 Å². The zero-order valence-corrected chi connectivity index (χ0v) is 32.6. The summed E-state index contributed by atoms with van der Waals surface area (Å²) >= 11 is 0. The molecule has 0 spiro atoms. The number of rotatable bonds is 5. The SMILES string of the molecule is CC(C)(C)c1ccnc(-n2c3ccc(-n4c5ccccc5c5ccccc54)cc3c3ccc(Oc4cccc(-n5[c-][n+](C(C)(C)C)c6ccccc65)c4)cc32)c1. The summed E-state index contributed by atoms with van der Waals surface area (Å²) in [5.41, 5.74) is 9.89. The molecule has 0 saturated heterocycles. The number of ether oxygens (including phenoxy) is 1. The number of para-hydroxylation sites is 4. The van der Waals surface area contributed by atoms with Gasteiger partial charge in [0.15, 0.2) is 0 Å². The van der Waals surface area contributed by atoms with Crippen LogP contribution in [-0.4, -0.2) is 18.7 Å². The van der Waals surface area contributed by atoms with E-state index in [9.17, 15) is 0 Å². The lowest BCUT2D eigenvalue weighted by atomic mass is 9.88. The first-order chi connectivity index (χ1) is 27.0. The van der Waals surface area contributed by atoms with Crippen LogP contribution in [0.3, 0.4) is 0 Å². The summed E-state index contributed by atoms with van der Waals surface area (Å²) < 4.78 is 15.7. The summed E-state index contributed by atoms with van der Waals surface area (Å²) in [4.78, 5) is 4.96. The lowest BCUT2D eigenvalue weighted by Crippen LogP contribution is -2.49. The van der Waals surface area contributed by atoms with Gasteiger partial charge in [-0.3, -0.25) is 4.57 Å². The number of aromatic nitrogens is 5. The third kappa shape index (κ3) is 5.47. The molecule has 6 aromatic carbocycles. The molecule has 10 rings (SSSR count). The average molecular weight is 730 g/mol. The molecule has 0 amide bonds. The molecule has 6 nitrogen and oxygen atoms in total. The Morgan fingerprint density at radius 1 is 0.518 bits per heavy atom. The normalized spacial score (nSPS) is 12.5. The summed E-state index contributed by atoms with van der Waals surface area (Å²) in [6.45, 7) is 13.3. The monoisotopic (exact) mass is 729 g/mol. The van der Waals surface area contributed by atoms with Crippen LogP contribution < -0.4 is 9.30 Å². The first-order valence-electron chi connectivity index (χ1n) is 19.3. The Kier molecular flexibility index (Phi) is 7.52. The Balaban J connectivity index is 1.13. The van der Waals surface area contributed by atoms with Gasteiger partial charge in [0.25, 0.3) is 0 Å². The minimum absolute atomic E-state index is 0.0337. The summed E-state index contributed by atoms with van der Waals surface area (Å²) in [6.07, 6.45) is 5.54. The van der Waals surface area contributed by atoms with Crippen molar-refractivity contribution in [3.8, 4) is 28.7 Å². The quantitative estimate of drug-likeness (QED) is 0.131. The Hall–Kier alpha value is -6.66. The Labute approximate surface area is 326 Å². The maximum Gasteiger partial charge on any atom is 0.244 e. The molecule has 0 atom stereocenters. The van der Waals surface area contributed by atoms with Crippen LogP contribution in [0.4, 0.5) is 0 Å². The van der Waals surface area contributed by atoms with E-state index >= 15 is 0 Å².